The van der Waals surface area contributed by atoms with E-state index in [-0.39, 0.29) is 18.0 Å². The molecule has 142 valence electrons. The van der Waals surface area contributed by atoms with Crippen LogP contribution in [0.4, 0.5) is 0 Å². The molecule has 0 saturated carbocycles. The second kappa shape index (κ2) is 8.05. The summed E-state index contributed by atoms with van der Waals surface area (Å²) in [4.78, 5) is 12.5. The number of hydrogen-bond acceptors (Lipinski definition) is 4. The third-order valence-electron chi connectivity index (χ3n) is 4.47. The van der Waals surface area contributed by atoms with Gasteiger partial charge in [-0.1, -0.05) is 24.3 Å². The van der Waals surface area contributed by atoms with E-state index in [0.717, 1.165) is 11.1 Å². The van der Waals surface area contributed by atoms with Crippen molar-refractivity contribution in [1.82, 2.24) is 9.29 Å². The molecule has 1 N–H and O–H groups in total. The van der Waals surface area contributed by atoms with Gasteiger partial charge < -0.3 is 9.30 Å². The number of nitrogens with zero attached hydrogens (tertiary/aromatic N) is 1. The summed E-state index contributed by atoms with van der Waals surface area (Å²) in [6.07, 6.45) is 0. The van der Waals surface area contributed by atoms with Crippen molar-refractivity contribution in [2.24, 2.45) is 0 Å². The standard InChI is InChI=1S/C19H26N2O4S/c1-6-21-15(5)18(14(4)17(21)19(22)25-7-2)26(23,24)20-12-16-11-9-8-10-13(16)3/h8-11,20H,6-7,12H2,1-5H3. The first-order valence-electron chi connectivity index (χ1n) is 8.65. The van der Waals surface area contributed by atoms with E-state index in [1.807, 2.05) is 38.1 Å². The summed E-state index contributed by atoms with van der Waals surface area (Å²) >= 11 is 0. The highest BCUT2D eigenvalue weighted by Crippen LogP contribution is 2.27. The molecule has 2 aromatic rings. The third kappa shape index (κ3) is 3.83. The van der Waals surface area contributed by atoms with E-state index in [4.69, 9.17) is 4.74 Å². The monoisotopic (exact) mass is 378 g/mol. The van der Waals surface area contributed by atoms with Gasteiger partial charge in [0.15, 0.2) is 0 Å². The summed E-state index contributed by atoms with van der Waals surface area (Å²) in [5.74, 6) is -0.504. The Morgan fingerprint density at radius 3 is 2.38 bits per heavy atom. The highest BCUT2D eigenvalue weighted by Gasteiger charge is 2.30. The summed E-state index contributed by atoms with van der Waals surface area (Å²) in [5, 5.41) is 0. The molecule has 1 aromatic carbocycles. The molecule has 1 heterocycles. The van der Waals surface area contributed by atoms with Crippen LogP contribution >= 0.6 is 0 Å². The van der Waals surface area contributed by atoms with E-state index in [0.29, 0.717) is 23.5 Å². The van der Waals surface area contributed by atoms with E-state index in [2.05, 4.69) is 4.72 Å². The van der Waals surface area contributed by atoms with E-state index in [1.165, 1.54) is 0 Å². The Kier molecular flexibility index (Phi) is 6.26. The Bertz CT molecular complexity index is 914. The average molecular weight is 378 g/mol. The van der Waals surface area contributed by atoms with Crippen LogP contribution in [0.2, 0.25) is 0 Å². The number of hydrogen-bond donors (Lipinski definition) is 1. The number of esters is 1. The first-order valence-corrected chi connectivity index (χ1v) is 10.1. The minimum absolute atomic E-state index is 0.149. The second-order valence-electron chi connectivity index (χ2n) is 6.10. The van der Waals surface area contributed by atoms with Gasteiger partial charge in [0.2, 0.25) is 10.0 Å². The van der Waals surface area contributed by atoms with Gasteiger partial charge in [-0.25, -0.2) is 17.9 Å². The van der Waals surface area contributed by atoms with Crippen LogP contribution in [-0.4, -0.2) is 25.6 Å². The van der Waals surface area contributed by atoms with E-state index >= 15 is 0 Å². The molecule has 2 rings (SSSR count). The number of sulfonamides is 1. The normalized spacial score (nSPS) is 11.6. The van der Waals surface area contributed by atoms with Crippen LogP contribution in [0.25, 0.3) is 0 Å². The van der Waals surface area contributed by atoms with E-state index < -0.39 is 16.0 Å². The van der Waals surface area contributed by atoms with Crippen molar-refractivity contribution in [1.29, 1.82) is 0 Å². The molecule has 0 fully saturated rings. The summed E-state index contributed by atoms with van der Waals surface area (Å²) in [6, 6.07) is 7.61. The molecule has 0 saturated heterocycles. The Hall–Kier alpha value is -2.12. The van der Waals surface area contributed by atoms with Crippen molar-refractivity contribution < 1.29 is 17.9 Å². The topological polar surface area (TPSA) is 77.4 Å². The van der Waals surface area contributed by atoms with Crippen molar-refractivity contribution in [2.45, 2.75) is 52.6 Å². The lowest BCUT2D eigenvalue weighted by atomic mass is 10.1. The Labute approximate surface area is 155 Å². The summed E-state index contributed by atoms with van der Waals surface area (Å²) in [7, 11) is -3.78. The lowest BCUT2D eigenvalue weighted by Crippen LogP contribution is -2.24. The molecular weight excluding hydrogens is 352 g/mol. The van der Waals surface area contributed by atoms with E-state index in [1.54, 1.807) is 25.3 Å². The first-order chi connectivity index (χ1) is 12.2. The van der Waals surface area contributed by atoms with Crippen molar-refractivity contribution in [3.63, 3.8) is 0 Å². The highest BCUT2D eigenvalue weighted by atomic mass is 32.2. The molecule has 0 atom stereocenters. The zero-order chi connectivity index (χ0) is 19.5. The number of ether oxygens (including phenoxy) is 1. The second-order valence-corrected chi connectivity index (χ2v) is 7.81. The molecule has 0 amide bonds. The van der Waals surface area contributed by atoms with Crippen molar-refractivity contribution in [3.05, 3.63) is 52.3 Å². The highest BCUT2D eigenvalue weighted by molar-refractivity contribution is 7.89. The summed E-state index contributed by atoms with van der Waals surface area (Å²) in [5.41, 5.74) is 3.17. The van der Waals surface area contributed by atoms with Gasteiger partial charge in [0, 0.05) is 24.3 Å². The maximum Gasteiger partial charge on any atom is 0.355 e. The van der Waals surface area contributed by atoms with Crippen LogP contribution in [0.15, 0.2) is 29.2 Å². The van der Waals surface area contributed by atoms with Crippen LogP contribution in [0.5, 0.6) is 0 Å². The molecule has 0 aliphatic heterocycles. The maximum absolute atomic E-state index is 12.9. The molecule has 26 heavy (non-hydrogen) atoms. The molecule has 6 nitrogen and oxygen atoms in total. The van der Waals surface area contributed by atoms with Crippen molar-refractivity contribution >= 4 is 16.0 Å². The lowest BCUT2D eigenvalue weighted by Gasteiger charge is -2.10. The molecule has 1 aromatic heterocycles. The predicted octanol–water partition coefficient (Wildman–Crippen LogP) is 3.09. The van der Waals surface area contributed by atoms with Crippen LogP contribution in [0, 0.1) is 20.8 Å². The molecular formula is C19H26N2O4S. The number of carbonyl (C=O) groups excluding carboxylic acids is 1. The minimum Gasteiger partial charge on any atom is -0.461 e. The number of nitrogens with one attached hydrogen (secondary N) is 1. The Morgan fingerprint density at radius 2 is 1.81 bits per heavy atom. The van der Waals surface area contributed by atoms with Gasteiger partial charge in [-0.3, -0.25) is 0 Å². The van der Waals surface area contributed by atoms with Crippen LogP contribution in [-0.2, 0) is 27.8 Å². The maximum atomic E-state index is 12.9. The number of aryl methyl sites for hydroxylation is 1. The SMILES string of the molecule is CCOC(=O)c1c(C)c(S(=O)(=O)NCc2ccccc2C)c(C)n1CC. The van der Waals surface area contributed by atoms with Gasteiger partial charge in [-0.2, -0.15) is 0 Å². The van der Waals surface area contributed by atoms with Gasteiger partial charge in [0.05, 0.1) is 6.61 Å². The van der Waals surface area contributed by atoms with Gasteiger partial charge >= 0.3 is 5.97 Å². The van der Waals surface area contributed by atoms with Crippen LogP contribution in [0.3, 0.4) is 0 Å². The number of rotatable bonds is 7. The zero-order valence-electron chi connectivity index (χ0n) is 15.9. The van der Waals surface area contributed by atoms with Crippen LogP contribution < -0.4 is 4.72 Å². The Balaban J connectivity index is 2.43. The van der Waals surface area contributed by atoms with Gasteiger partial charge in [0.1, 0.15) is 10.6 Å². The Morgan fingerprint density at radius 1 is 1.15 bits per heavy atom. The molecule has 0 radical (unpaired) electrons. The van der Waals surface area contributed by atoms with Gasteiger partial charge in [-0.05, 0) is 45.7 Å². The van der Waals surface area contributed by atoms with Crippen molar-refractivity contribution in [3.8, 4) is 0 Å². The number of aromatic nitrogens is 1. The largest absolute Gasteiger partial charge is 0.461 e. The zero-order valence-corrected chi connectivity index (χ0v) is 16.7. The fourth-order valence-corrected chi connectivity index (χ4v) is 4.67. The fourth-order valence-electron chi connectivity index (χ4n) is 3.18. The molecule has 0 spiro atoms. The predicted molar refractivity (Wildman–Crippen MR) is 101 cm³/mol. The fraction of sp³-hybridized carbons (Fsp3) is 0.421. The quantitative estimate of drug-likeness (QED) is 0.751. The molecule has 7 heteroatoms. The summed E-state index contributed by atoms with van der Waals surface area (Å²) in [6.45, 7) is 9.79. The molecule has 0 aliphatic rings. The smallest absolute Gasteiger partial charge is 0.355 e. The molecule has 0 aliphatic carbocycles. The van der Waals surface area contributed by atoms with Gasteiger partial charge in [0.25, 0.3) is 0 Å². The van der Waals surface area contributed by atoms with E-state index in [9.17, 15) is 13.2 Å². The van der Waals surface area contributed by atoms with Crippen molar-refractivity contribution in [2.75, 3.05) is 6.61 Å². The average Bonchev–Trinajstić information content (AvgIpc) is 2.85. The minimum atomic E-state index is -3.78. The summed E-state index contributed by atoms with van der Waals surface area (Å²) < 4.78 is 35.3. The lowest BCUT2D eigenvalue weighted by molar-refractivity contribution is 0.0512. The molecule has 0 unspecified atom stereocenters. The first kappa shape index (κ1) is 20.2. The van der Waals surface area contributed by atoms with Gasteiger partial charge in [-0.15, -0.1) is 0 Å². The number of carbonyl (C=O) groups is 1. The third-order valence-corrected chi connectivity index (χ3v) is 6.13. The molecule has 0 bridgehead atoms. The van der Waals surface area contributed by atoms with Crippen LogP contribution in [0.1, 0.15) is 46.7 Å². The number of benzene rings is 1.